The van der Waals surface area contributed by atoms with E-state index in [1.54, 1.807) is 11.9 Å². The minimum Gasteiger partial charge on any atom is -0.465 e. The molecule has 6 heteroatoms. The number of hydrogen-bond donors (Lipinski definition) is 0. The highest BCUT2D eigenvalue weighted by atomic mass is 16.6. The van der Waals surface area contributed by atoms with Crippen LogP contribution in [0, 0.1) is 10.1 Å². The van der Waals surface area contributed by atoms with Gasteiger partial charge in [-0.25, -0.2) is 4.79 Å². The maximum Gasteiger partial charge on any atom is 0.337 e. The predicted molar refractivity (Wildman–Crippen MR) is 68.0 cm³/mol. The Labute approximate surface area is 105 Å². The Kier molecular flexibility index (Phi) is 4.25. The molecule has 0 radical (unpaired) electrons. The summed E-state index contributed by atoms with van der Waals surface area (Å²) >= 11 is 0. The van der Waals surface area contributed by atoms with Crippen LogP contribution >= 0.6 is 0 Å². The fraction of sp³-hybridized carbons (Fsp3) is 0.417. The maximum absolute atomic E-state index is 11.4. The van der Waals surface area contributed by atoms with Gasteiger partial charge in [0.25, 0.3) is 5.69 Å². The molecule has 0 atom stereocenters. The van der Waals surface area contributed by atoms with Crippen LogP contribution in [0.1, 0.15) is 24.2 Å². The first kappa shape index (κ1) is 14.0. The molecule has 1 rings (SSSR count). The second-order valence-electron chi connectivity index (χ2n) is 4.16. The Morgan fingerprint density at radius 2 is 2.06 bits per heavy atom. The van der Waals surface area contributed by atoms with Crippen LogP contribution in [0.4, 0.5) is 11.4 Å². The van der Waals surface area contributed by atoms with E-state index in [0.717, 1.165) is 0 Å². The summed E-state index contributed by atoms with van der Waals surface area (Å²) in [7, 11) is 3.02. The number of ether oxygens (including phenoxy) is 1. The largest absolute Gasteiger partial charge is 0.465 e. The predicted octanol–water partition coefficient (Wildman–Crippen LogP) is 2.23. The summed E-state index contributed by atoms with van der Waals surface area (Å²) in [5.41, 5.74) is 0.669. The molecule has 1 aromatic carbocycles. The molecule has 0 fully saturated rings. The van der Waals surface area contributed by atoms with Crippen molar-refractivity contribution >= 4 is 17.3 Å². The molecule has 0 saturated carbocycles. The molecule has 0 saturated heterocycles. The van der Waals surface area contributed by atoms with Crippen molar-refractivity contribution < 1.29 is 14.5 Å². The van der Waals surface area contributed by atoms with Gasteiger partial charge >= 0.3 is 5.97 Å². The maximum atomic E-state index is 11.4. The number of carbonyl (C=O) groups excluding carboxylic acids is 1. The third-order valence-corrected chi connectivity index (χ3v) is 2.75. The Balaban J connectivity index is 3.32. The molecule has 6 nitrogen and oxygen atoms in total. The van der Waals surface area contributed by atoms with Gasteiger partial charge in [0, 0.05) is 19.2 Å². The van der Waals surface area contributed by atoms with Gasteiger partial charge in [-0.1, -0.05) is 0 Å². The first-order chi connectivity index (χ1) is 8.38. The number of nitrogens with zero attached hydrogens (tertiary/aromatic N) is 2. The van der Waals surface area contributed by atoms with Crippen LogP contribution in [0.25, 0.3) is 0 Å². The fourth-order valence-electron chi connectivity index (χ4n) is 1.48. The standard InChI is InChI=1S/C12H16N2O4/c1-8(2)13(3)11-7-9(12(15)18-4)5-6-10(11)14(16)17/h5-8H,1-4H3. The van der Waals surface area contributed by atoms with Crippen LogP contribution in [0.15, 0.2) is 18.2 Å². The average molecular weight is 252 g/mol. The molecule has 0 unspecified atom stereocenters. The van der Waals surface area contributed by atoms with Crippen molar-refractivity contribution in [1.29, 1.82) is 0 Å². The summed E-state index contributed by atoms with van der Waals surface area (Å²) in [5.74, 6) is -0.511. The van der Waals surface area contributed by atoms with Gasteiger partial charge in [-0.05, 0) is 26.0 Å². The Hall–Kier alpha value is -2.11. The van der Waals surface area contributed by atoms with Crippen LogP contribution in [0.2, 0.25) is 0 Å². The number of nitro benzene ring substituents is 1. The molecule has 98 valence electrons. The van der Waals surface area contributed by atoms with E-state index in [0.29, 0.717) is 11.3 Å². The van der Waals surface area contributed by atoms with E-state index in [1.807, 2.05) is 13.8 Å². The third-order valence-electron chi connectivity index (χ3n) is 2.75. The van der Waals surface area contributed by atoms with E-state index in [1.165, 1.54) is 25.3 Å². The molecule has 0 heterocycles. The van der Waals surface area contributed by atoms with Crippen LogP contribution in [-0.4, -0.2) is 31.1 Å². The van der Waals surface area contributed by atoms with Gasteiger partial charge in [0.1, 0.15) is 5.69 Å². The summed E-state index contributed by atoms with van der Waals surface area (Å²) in [4.78, 5) is 23.7. The van der Waals surface area contributed by atoms with Gasteiger partial charge in [0.05, 0.1) is 17.6 Å². The first-order valence-corrected chi connectivity index (χ1v) is 5.48. The van der Waals surface area contributed by atoms with Gasteiger partial charge in [-0.3, -0.25) is 10.1 Å². The number of anilines is 1. The minimum absolute atomic E-state index is 0.0288. The Morgan fingerprint density at radius 3 is 2.50 bits per heavy atom. The van der Waals surface area contributed by atoms with Crippen molar-refractivity contribution in [3.63, 3.8) is 0 Å². The highest BCUT2D eigenvalue weighted by molar-refractivity contribution is 5.91. The molecule has 0 spiro atoms. The van der Waals surface area contributed by atoms with Gasteiger partial charge in [0.15, 0.2) is 0 Å². The van der Waals surface area contributed by atoms with Crippen molar-refractivity contribution in [3.05, 3.63) is 33.9 Å². The second kappa shape index (κ2) is 5.48. The first-order valence-electron chi connectivity index (χ1n) is 5.48. The number of methoxy groups -OCH3 is 1. The molecule has 0 aliphatic heterocycles. The lowest BCUT2D eigenvalue weighted by Gasteiger charge is -2.23. The zero-order valence-electron chi connectivity index (χ0n) is 10.8. The lowest BCUT2D eigenvalue weighted by Crippen LogP contribution is -2.26. The normalized spacial score (nSPS) is 10.3. The van der Waals surface area contributed by atoms with Gasteiger partial charge in [0.2, 0.25) is 0 Å². The number of nitro groups is 1. The molecule has 0 aliphatic rings. The van der Waals surface area contributed by atoms with E-state index in [9.17, 15) is 14.9 Å². The highest BCUT2D eigenvalue weighted by Crippen LogP contribution is 2.29. The Bertz CT molecular complexity index is 471. The molecule has 0 amide bonds. The zero-order chi connectivity index (χ0) is 13.9. The van der Waals surface area contributed by atoms with Crippen LogP contribution in [-0.2, 0) is 4.74 Å². The summed E-state index contributed by atoms with van der Waals surface area (Å²) in [5, 5.41) is 11.0. The molecule has 1 aromatic rings. The summed E-state index contributed by atoms with van der Waals surface area (Å²) in [6, 6.07) is 4.27. The van der Waals surface area contributed by atoms with Gasteiger partial charge in [-0.15, -0.1) is 0 Å². The smallest absolute Gasteiger partial charge is 0.337 e. The number of hydrogen-bond acceptors (Lipinski definition) is 5. The number of carbonyl (C=O) groups is 1. The van der Waals surface area contributed by atoms with E-state index in [-0.39, 0.29) is 11.7 Å². The SMILES string of the molecule is COC(=O)c1ccc([N+](=O)[O-])c(N(C)C(C)C)c1. The molecule has 0 aliphatic carbocycles. The fourth-order valence-corrected chi connectivity index (χ4v) is 1.48. The monoisotopic (exact) mass is 252 g/mol. The average Bonchev–Trinajstić information content (AvgIpc) is 2.35. The highest BCUT2D eigenvalue weighted by Gasteiger charge is 2.21. The molecule has 0 N–H and O–H groups in total. The quantitative estimate of drug-likeness (QED) is 0.466. The van der Waals surface area contributed by atoms with Crippen molar-refractivity contribution in [2.24, 2.45) is 0 Å². The molecule has 0 bridgehead atoms. The Morgan fingerprint density at radius 1 is 1.44 bits per heavy atom. The van der Waals surface area contributed by atoms with Crippen LogP contribution in [0.5, 0.6) is 0 Å². The van der Waals surface area contributed by atoms with Crippen molar-refractivity contribution in [2.45, 2.75) is 19.9 Å². The van der Waals surface area contributed by atoms with Gasteiger partial charge < -0.3 is 9.64 Å². The van der Waals surface area contributed by atoms with E-state index in [2.05, 4.69) is 4.74 Å². The summed E-state index contributed by atoms with van der Waals surface area (Å²) in [6.45, 7) is 3.82. The summed E-state index contributed by atoms with van der Waals surface area (Å²) < 4.78 is 4.60. The molecule has 0 aromatic heterocycles. The lowest BCUT2D eigenvalue weighted by atomic mass is 10.1. The van der Waals surface area contributed by atoms with E-state index in [4.69, 9.17) is 0 Å². The van der Waals surface area contributed by atoms with Crippen LogP contribution < -0.4 is 4.90 Å². The molecule has 18 heavy (non-hydrogen) atoms. The van der Waals surface area contributed by atoms with E-state index >= 15 is 0 Å². The minimum atomic E-state index is -0.511. The summed E-state index contributed by atoms with van der Waals surface area (Å²) in [6.07, 6.45) is 0. The zero-order valence-corrected chi connectivity index (χ0v) is 10.8. The molecular weight excluding hydrogens is 236 g/mol. The lowest BCUT2D eigenvalue weighted by molar-refractivity contribution is -0.384. The van der Waals surface area contributed by atoms with Gasteiger partial charge in [-0.2, -0.15) is 0 Å². The number of esters is 1. The van der Waals surface area contributed by atoms with Crippen molar-refractivity contribution in [1.82, 2.24) is 0 Å². The topological polar surface area (TPSA) is 72.7 Å². The number of benzene rings is 1. The third kappa shape index (κ3) is 2.77. The van der Waals surface area contributed by atoms with Crippen LogP contribution in [0.3, 0.4) is 0 Å². The number of rotatable bonds is 4. The van der Waals surface area contributed by atoms with Crippen molar-refractivity contribution in [2.75, 3.05) is 19.1 Å². The van der Waals surface area contributed by atoms with Crippen molar-refractivity contribution in [3.8, 4) is 0 Å². The van der Waals surface area contributed by atoms with E-state index < -0.39 is 10.9 Å². The second-order valence-corrected chi connectivity index (χ2v) is 4.16. The molecular formula is C12H16N2O4.